The number of carbonyl (C=O) groups is 1. The summed E-state index contributed by atoms with van der Waals surface area (Å²) >= 11 is 0. The predicted octanol–water partition coefficient (Wildman–Crippen LogP) is 1.45. The van der Waals surface area contributed by atoms with Crippen molar-refractivity contribution in [2.45, 2.75) is 47.6 Å². The highest BCUT2D eigenvalue weighted by Crippen LogP contribution is 2.14. The van der Waals surface area contributed by atoms with E-state index >= 15 is 0 Å². The van der Waals surface area contributed by atoms with E-state index in [-0.39, 0.29) is 17.4 Å². The van der Waals surface area contributed by atoms with Crippen molar-refractivity contribution < 1.29 is 4.79 Å². The SMILES string of the molecule is CCN(CC(=O)NC(C)C(C)C)CC(C)(C)CN. The summed E-state index contributed by atoms with van der Waals surface area (Å²) in [6, 6.07) is 0.221. The van der Waals surface area contributed by atoms with E-state index in [4.69, 9.17) is 5.73 Å². The number of nitrogens with two attached hydrogens (primary N) is 1. The van der Waals surface area contributed by atoms with E-state index in [1.807, 2.05) is 6.92 Å². The van der Waals surface area contributed by atoms with Gasteiger partial charge >= 0.3 is 0 Å². The Labute approximate surface area is 112 Å². The molecule has 0 aromatic carbocycles. The molecule has 4 heteroatoms. The summed E-state index contributed by atoms with van der Waals surface area (Å²) in [5.41, 5.74) is 5.79. The van der Waals surface area contributed by atoms with Gasteiger partial charge in [0.1, 0.15) is 0 Å². The first-order valence-electron chi connectivity index (χ1n) is 6.93. The van der Waals surface area contributed by atoms with E-state index in [9.17, 15) is 4.79 Å². The Balaban J connectivity index is 4.25. The molecule has 0 saturated carbocycles. The van der Waals surface area contributed by atoms with Crippen LogP contribution in [-0.2, 0) is 4.79 Å². The number of nitrogens with zero attached hydrogens (tertiary/aromatic N) is 1. The fourth-order valence-corrected chi connectivity index (χ4v) is 1.62. The molecule has 1 amide bonds. The third-order valence-electron chi connectivity index (χ3n) is 3.41. The molecule has 0 heterocycles. The Kier molecular flexibility index (Phi) is 7.48. The van der Waals surface area contributed by atoms with Gasteiger partial charge in [-0.05, 0) is 31.3 Å². The zero-order valence-corrected chi connectivity index (χ0v) is 12.9. The molecular formula is C14H31N3O. The number of likely N-dealkylation sites (N-methyl/N-ethyl adjacent to an activating group) is 1. The van der Waals surface area contributed by atoms with Crippen LogP contribution < -0.4 is 11.1 Å². The summed E-state index contributed by atoms with van der Waals surface area (Å²) < 4.78 is 0. The van der Waals surface area contributed by atoms with Gasteiger partial charge in [0.15, 0.2) is 0 Å². The molecule has 0 aliphatic rings. The molecule has 0 fully saturated rings. The van der Waals surface area contributed by atoms with Crippen LogP contribution in [0, 0.1) is 11.3 Å². The molecule has 18 heavy (non-hydrogen) atoms. The first kappa shape index (κ1) is 17.4. The van der Waals surface area contributed by atoms with Crippen molar-refractivity contribution in [1.29, 1.82) is 0 Å². The molecular weight excluding hydrogens is 226 g/mol. The highest BCUT2D eigenvalue weighted by molar-refractivity contribution is 5.78. The van der Waals surface area contributed by atoms with Crippen LogP contribution in [0.15, 0.2) is 0 Å². The molecule has 0 aromatic rings. The average molecular weight is 257 g/mol. The van der Waals surface area contributed by atoms with E-state index < -0.39 is 0 Å². The van der Waals surface area contributed by atoms with Gasteiger partial charge in [-0.2, -0.15) is 0 Å². The molecule has 108 valence electrons. The second-order valence-corrected chi connectivity index (χ2v) is 6.27. The maximum absolute atomic E-state index is 11.9. The molecule has 3 N–H and O–H groups in total. The Morgan fingerprint density at radius 1 is 1.33 bits per heavy atom. The lowest BCUT2D eigenvalue weighted by molar-refractivity contribution is -0.123. The summed E-state index contributed by atoms with van der Waals surface area (Å²) in [4.78, 5) is 14.1. The number of hydrogen-bond donors (Lipinski definition) is 2. The Morgan fingerprint density at radius 2 is 1.89 bits per heavy atom. The third-order valence-corrected chi connectivity index (χ3v) is 3.41. The number of rotatable bonds is 8. The van der Waals surface area contributed by atoms with Gasteiger partial charge in [-0.25, -0.2) is 0 Å². The number of hydrogen-bond acceptors (Lipinski definition) is 3. The van der Waals surface area contributed by atoms with Crippen molar-refractivity contribution in [1.82, 2.24) is 10.2 Å². The maximum Gasteiger partial charge on any atom is 0.234 e. The van der Waals surface area contributed by atoms with Crippen molar-refractivity contribution in [2.75, 3.05) is 26.2 Å². The monoisotopic (exact) mass is 257 g/mol. The van der Waals surface area contributed by atoms with Gasteiger partial charge in [0.05, 0.1) is 6.54 Å². The van der Waals surface area contributed by atoms with E-state index in [1.165, 1.54) is 0 Å². The van der Waals surface area contributed by atoms with Crippen LogP contribution in [0.1, 0.15) is 41.5 Å². The van der Waals surface area contributed by atoms with E-state index in [0.717, 1.165) is 13.1 Å². The molecule has 1 atom stereocenters. The van der Waals surface area contributed by atoms with E-state index in [2.05, 4.69) is 44.8 Å². The molecule has 0 aliphatic carbocycles. The molecule has 0 radical (unpaired) electrons. The predicted molar refractivity (Wildman–Crippen MR) is 77.4 cm³/mol. The first-order valence-corrected chi connectivity index (χ1v) is 6.93. The van der Waals surface area contributed by atoms with Gasteiger partial charge in [-0.3, -0.25) is 9.69 Å². The Bertz CT molecular complexity index is 251. The van der Waals surface area contributed by atoms with Gasteiger partial charge in [0.25, 0.3) is 0 Å². The van der Waals surface area contributed by atoms with Gasteiger partial charge in [-0.15, -0.1) is 0 Å². The van der Waals surface area contributed by atoms with Gasteiger partial charge < -0.3 is 11.1 Å². The Hall–Kier alpha value is -0.610. The van der Waals surface area contributed by atoms with Gasteiger partial charge in [0.2, 0.25) is 5.91 Å². The largest absolute Gasteiger partial charge is 0.352 e. The highest BCUT2D eigenvalue weighted by atomic mass is 16.2. The zero-order chi connectivity index (χ0) is 14.3. The number of carbonyl (C=O) groups excluding carboxylic acids is 1. The highest BCUT2D eigenvalue weighted by Gasteiger charge is 2.21. The third kappa shape index (κ3) is 6.97. The molecule has 0 spiro atoms. The maximum atomic E-state index is 11.9. The second kappa shape index (κ2) is 7.74. The van der Waals surface area contributed by atoms with Crippen LogP contribution in [0.4, 0.5) is 0 Å². The van der Waals surface area contributed by atoms with Crippen molar-refractivity contribution in [2.24, 2.45) is 17.1 Å². The van der Waals surface area contributed by atoms with Crippen molar-refractivity contribution in [3.63, 3.8) is 0 Å². The van der Waals surface area contributed by atoms with Crippen LogP contribution in [0.3, 0.4) is 0 Å². The second-order valence-electron chi connectivity index (χ2n) is 6.27. The van der Waals surface area contributed by atoms with Crippen molar-refractivity contribution in [3.05, 3.63) is 0 Å². The molecule has 1 unspecified atom stereocenters. The minimum Gasteiger partial charge on any atom is -0.352 e. The van der Waals surface area contributed by atoms with E-state index in [0.29, 0.717) is 19.0 Å². The van der Waals surface area contributed by atoms with Gasteiger partial charge in [-0.1, -0.05) is 34.6 Å². The molecule has 4 nitrogen and oxygen atoms in total. The van der Waals surface area contributed by atoms with Crippen LogP contribution in [0.2, 0.25) is 0 Å². The van der Waals surface area contributed by atoms with E-state index in [1.54, 1.807) is 0 Å². The van der Waals surface area contributed by atoms with Crippen LogP contribution >= 0.6 is 0 Å². The van der Waals surface area contributed by atoms with Gasteiger partial charge in [0, 0.05) is 12.6 Å². The molecule has 0 rings (SSSR count). The summed E-state index contributed by atoms with van der Waals surface area (Å²) in [6.45, 7) is 15.4. The smallest absolute Gasteiger partial charge is 0.234 e. The lowest BCUT2D eigenvalue weighted by Crippen LogP contribution is -2.46. The minimum atomic E-state index is 0.0555. The Morgan fingerprint density at radius 3 is 2.28 bits per heavy atom. The standard InChI is InChI=1S/C14H31N3O/c1-7-17(10-14(5,6)9-15)8-13(18)16-12(4)11(2)3/h11-12H,7-10,15H2,1-6H3,(H,16,18). The quantitative estimate of drug-likeness (QED) is 0.692. The fraction of sp³-hybridized carbons (Fsp3) is 0.929. The van der Waals surface area contributed by atoms with Crippen molar-refractivity contribution >= 4 is 5.91 Å². The van der Waals surface area contributed by atoms with Crippen molar-refractivity contribution in [3.8, 4) is 0 Å². The summed E-state index contributed by atoms with van der Waals surface area (Å²) in [7, 11) is 0. The minimum absolute atomic E-state index is 0.0555. The summed E-state index contributed by atoms with van der Waals surface area (Å²) in [5.74, 6) is 0.565. The van der Waals surface area contributed by atoms with Crippen LogP contribution in [0.25, 0.3) is 0 Å². The van der Waals surface area contributed by atoms with Crippen LogP contribution in [-0.4, -0.2) is 43.0 Å². The summed E-state index contributed by atoms with van der Waals surface area (Å²) in [5, 5.41) is 3.04. The molecule has 0 saturated heterocycles. The lowest BCUT2D eigenvalue weighted by atomic mass is 9.93. The first-order chi connectivity index (χ1) is 8.21. The summed E-state index contributed by atoms with van der Waals surface area (Å²) in [6.07, 6.45) is 0. The molecule has 0 bridgehead atoms. The lowest BCUT2D eigenvalue weighted by Gasteiger charge is -2.31. The number of nitrogens with one attached hydrogen (secondary N) is 1. The normalized spacial score (nSPS) is 14.1. The molecule has 0 aromatic heterocycles. The zero-order valence-electron chi connectivity index (χ0n) is 12.9. The fourth-order valence-electron chi connectivity index (χ4n) is 1.62. The average Bonchev–Trinajstić information content (AvgIpc) is 2.27. The van der Waals surface area contributed by atoms with Crippen LogP contribution in [0.5, 0.6) is 0 Å². The number of amides is 1. The topological polar surface area (TPSA) is 58.4 Å². The molecule has 0 aliphatic heterocycles.